The fourth-order valence-electron chi connectivity index (χ4n) is 2.06. The Hall–Kier alpha value is -0.640. The van der Waals surface area contributed by atoms with Crippen LogP contribution >= 0.6 is 11.6 Å². The van der Waals surface area contributed by atoms with E-state index in [1.807, 2.05) is 0 Å². The minimum Gasteiger partial charge on any atom is -0.374 e. The van der Waals surface area contributed by atoms with Crippen molar-refractivity contribution < 1.29 is 9.13 Å². The zero-order chi connectivity index (χ0) is 12.3. The second kappa shape index (κ2) is 5.80. The standard InChI is InChI=1S/C13H17ClFNO/c1-9-2-4-11(17-9)8-16-7-10-3-5-13(15)12(14)6-10/h3,5-6,9,11,16H,2,4,7-8H2,1H3. The molecule has 1 N–H and O–H groups in total. The van der Waals surface area contributed by atoms with Gasteiger partial charge >= 0.3 is 0 Å². The molecule has 0 aliphatic carbocycles. The van der Waals surface area contributed by atoms with Crippen LogP contribution in [-0.2, 0) is 11.3 Å². The van der Waals surface area contributed by atoms with E-state index in [1.165, 1.54) is 6.07 Å². The monoisotopic (exact) mass is 257 g/mol. The van der Waals surface area contributed by atoms with Gasteiger partial charge in [0.2, 0.25) is 0 Å². The fraction of sp³-hybridized carbons (Fsp3) is 0.538. The summed E-state index contributed by atoms with van der Waals surface area (Å²) in [7, 11) is 0. The quantitative estimate of drug-likeness (QED) is 0.895. The Morgan fingerprint density at radius 2 is 2.29 bits per heavy atom. The summed E-state index contributed by atoms with van der Waals surface area (Å²) in [6, 6.07) is 4.79. The summed E-state index contributed by atoms with van der Waals surface area (Å²) in [6.45, 7) is 3.62. The van der Waals surface area contributed by atoms with Crippen molar-refractivity contribution in [2.75, 3.05) is 6.54 Å². The lowest BCUT2D eigenvalue weighted by Crippen LogP contribution is -2.26. The van der Waals surface area contributed by atoms with Crippen molar-refractivity contribution >= 4 is 11.6 Å². The highest BCUT2D eigenvalue weighted by Crippen LogP contribution is 2.19. The van der Waals surface area contributed by atoms with E-state index < -0.39 is 0 Å². The van der Waals surface area contributed by atoms with Gasteiger partial charge in [-0.2, -0.15) is 0 Å². The Labute approximate surface area is 106 Å². The van der Waals surface area contributed by atoms with Gasteiger partial charge in [-0.15, -0.1) is 0 Å². The zero-order valence-corrected chi connectivity index (χ0v) is 10.6. The summed E-state index contributed by atoms with van der Waals surface area (Å²) in [5, 5.41) is 3.48. The molecule has 0 spiro atoms. The van der Waals surface area contributed by atoms with Gasteiger partial charge in [0.25, 0.3) is 0 Å². The van der Waals surface area contributed by atoms with Crippen LogP contribution in [-0.4, -0.2) is 18.8 Å². The summed E-state index contributed by atoms with van der Waals surface area (Å²) in [5.41, 5.74) is 0.988. The predicted octanol–water partition coefficient (Wildman–Crippen LogP) is 3.14. The Bertz CT molecular complexity index is 386. The van der Waals surface area contributed by atoms with Crippen molar-refractivity contribution in [1.29, 1.82) is 0 Å². The SMILES string of the molecule is CC1CCC(CNCc2ccc(F)c(Cl)c2)O1. The molecule has 17 heavy (non-hydrogen) atoms. The molecule has 1 aliphatic heterocycles. The van der Waals surface area contributed by atoms with Gasteiger partial charge in [-0.25, -0.2) is 4.39 Å². The van der Waals surface area contributed by atoms with E-state index in [1.54, 1.807) is 12.1 Å². The minimum atomic E-state index is -0.372. The third-order valence-electron chi connectivity index (χ3n) is 3.01. The Morgan fingerprint density at radius 1 is 1.47 bits per heavy atom. The molecule has 1 heterocycles. The fourth-order valence-corrected chi connectivity index (χ4v) is 2.27. The van der Waals surface area contributed by atoms with Gasteiger partial charge < -0.3 is 10.1 Å². The van der Waals surface area contributed by atoms with Crippen molar-refractivity contribution in [3.63, 3.8) is 0 Å². The first-order valence-electron chi connectivity index (χ1n) is 5.95. The van der Waals surface area contributed by atoms with Crippen molar-refractivity contribution in [2.45, 2.75) is 38.5 Å². The maximum atomic E-state index is 12.9. The number of halogens is 2. The van der Waals surface area contributed by atoms with E-state index in [0.717, 1.165) is 24.9 Å². The zero-order valence-electron chi connectivity index (χ0n) is 9.88. The van der Waals surface area contributed by atoms with E-state index in [9.17, 15) is 4.39 Å². The molecule has 0 aromatic heterocycles. The van der Waals surface area contributed by atoms with Gasteiger partial charge in [-0.1, -0.05) is 17.7 Å². The lowest BCUT2D eigenvalue weighted by Gasteiger charge is -2.12. The van der Waals surface area contributed by atoms with Crippen LogP contribution in [0.3, 0.4) is 0 Å². The van der Waals surface area contributed by atoms with Crippen LogP contribution in [0.4, 0.5) is 4.39 Å². The molecule has 1 fully saturated rings. The third kappa shape index (κ3) is 3.66. The molecule has 0 saturated carbocycles. The first kappa shape index (κ1) is 12.8. The normalized spacial score (nSPS) is 24.2. The number of hydrogen-bond acceptors (Lipinski definition) is 2. The van der Waals surface area contributed by atoms with Gasteiger partial charge in [-0.05, 0) is 37.5 Å². The molecular weight excluding hydrogens is 241 g/mol. The molecule has 2 unspecified atom stereocenters. The molecule has 2 atom stereocenters. The topological polar surface area (TPSA) is 21.3 Å². The second-order valence-corrected chi connectivity index (χ2v) is 4.93. The average Bonchev–Trinajstić information content (AvgIpc) is 2.70. The summed E-state index contributed by atoms with van der Waals surface area (Å²) in [4.78, 5) is 0. The van der Waals surface area contributed by atoms with Crippen molar-refractivity contribution in [1.82, 2.24) is 5.32 Å². The Kier molecular flexibility index (Phi) is 4.37. The summed E-state index contributed by atoms with van der Waals surface area (Å²) >= 11 is 5.71. The van der Waals surface area contributed by atoms with Crippen molar-refractivity contribution in [3.8, 4) is 0 Å². The highest BCUT2D eigenvalue weighted by Gasteiger charge is 2.20. The molecular formula is C13H17ClFNO. The summed E-state index contributed by atoms with van der Waals surface area (Å²) in [6.07, 6.45) is 2.93. The molecule has 94 valence electrons. The van der Waals surface area contributed by atoms with Gasteiger partial charge in [-0.3, -0.25) is 0 Å². The predicted molar refractivity (Wildman–Crippen MR) is 66.7 cm³/mol. The molecule has 4 heteroatoms. The maximum Gasteiger partial charge on any atom is 0.141 e. The smallest absolute Gasteiger partial charge is 0.141 e. The van der Waals surface area contributed by atoms with Crippen molar-refractivity contribution in [3.05, 3.63) is 34.6 Å². The van der Waals surface area contributed by atoms with E-state index in [0.29, 0.717) is 18.8 Å². The van der Waals surface area contributed by atoms with Crippen LogP contribution in [0.15, 0.2) is 18.2 Å². The lowest BCUT2D eigenvalue weighted by molar-refractivity contribution is 0.0559. The lowest BCUT2D eigenvalue weighted by atomic mass is 10.2. The van der Waals surface area contributed by atoms with E-state index >= 15 is 0 Å². The highest BCUT2D eigenvalue weighted by atomic mass is 35.5. The first-order valence-corrected chi connectivity index (χ1v) is 6.33. The molecule has 2 nitrogen and oxygen atoms in total. The Morgan fingerprint density at radius 3 is 2.94 bits per heavy atom. The third-order valence-corrected chi connectivity index (χ3v) is 3.29. The number of benzene rings is 1. The Balaban J connectivity index is 1.76. The summed E-state index contributed by atoms with van der Waals surface area (Å²) < 4.78 is 18.6. The van der Waals surface area contributed by atoms with Gasteiger partial charge in [0.1, 0.15) is 5.82 Å². The molecule has 0 radical (unpaired) electrons. The van der Waals surface area contributed by atoms with E-state index in [4.69, 9.17) is 16.3 Å². The van der Waals surface area contributed by atoms with Gasteiger partial charge in [0, 0.05) is 13.1 Å². The van der Waals surface area contributed by atoms with Crippen molar-refractivity contribution in [2.24, 2.45) is 0 Å². The minimum absolute atomic E-state index is 0.176. The molecule has 2 rings (SSSR count). The first-order chi connectivity index (χ1) is 8.15. The van der Waals surface area contributed by atoms with Crippen LogP contribution in [0, 0.1) is 5.82 Å². The maximum absolute atomic E-state index is 12.9. The van der Waals surface area contributed by atoms with Crippen LogP contribution in [0.5, 0.6) is 0 Å². The number of rotatable bonds is 4. The number of hydrogen-bond donors (Lipinski definition) is 1. The molecule has 1 aromatic rings. The summed E-state index contributed by atoms with van der Waals surface area (Å²) in [5.74, 6) is -0.372. The van der Waals surface area contributed by atoms with Crippen LogP contribution in [0.25, 0.3) is 0 Å². The van der Waals surface area contributed by atoms with Gasteiger partial charge in [0.05, 0.1) is 17.2 Å². The van der Waals surface area contributed by atoms with E-state index in [2.05, 4.69) is 12.2 Å². The molecule has 1 aromatic carbocycles. The van der Waals surface area contributed by atoms with Crippen LogP contribution in [0.2, 0.25) is 5.02 Å². The molecule has 1 aliphatic rings. The molecule has 0 bridgehead atoms. The molecule has 1 saturated heterocycles. The number of nitrogens with one attached hydrogen (secondary N) is 1. The number of ether oxygens (including phenoxy) is 1. The van der Waals surface area contributed by atoms with Gasteiger partial charge in [0.15, 0.2) is 0 Å². The average molecular weight is 258 g/mol. The van der Waals surface area contributed by atoms with Crippen LogP contribution in [0.1, 0.15) is 25.3 Å². The van der Waals surface area contributed by atoms with E-state index in [-0.39, 0.29) is 10.8 Å². The highest BCUT2D eigenvalue weighted by molar-refractivity contribution is 6.30. The van der Waals surface area contributed by atoms with Crippen LogP contribution < -0.4 is 5.32 Å². The second-order valence-electron chi connectivity index (χ2n) is 4.53. The largest absolute Gasteiger partial charge is 0.374 e. The molecule has 0 amide bonds.